The summed E-state index contributed by atoms with van der Waals surface area (Å²) in [6, 6.07) is 0. The van der Waals surface area contributed by atoms with Crippen molar-refractivity contribution >= 4 is 12.1 Å². The van der Waals surface area contributed by atoms with E-state index in [4.69, 9.17) is 5.11 Å². The molecule has 0 rings (SSSR count). The van der Waals surface area contributed by atoms with E-state index in [0.29, 0.717) is 6.42 Å². The molecule has 0 aromatic carbocycles. The van der Waals surface area contributed by atoms with Crippen LogP contribution in [0.2, 0.25) is 0 Å². The first-order valence-corrected chi connectivity index (χ1v) is 3.13. The first-order valence-electron chi connectivity index (χ1n) is 3.13. The predicted octanol–water partition coefficient (Wildman–Crippen LogP) is 0.980. The maximum Gasteiger partial charge on any atom is 0.508 e. The molecule has 0 heterocycles. The smallest absolute Gasteiger partial charge is 0.450 e. The van der Waals surface area contributed by atoms with Gasteiger partial charge in [-0.05, 0) is 0 Å². The number of rotatable bonds is 3. The number of hydrogen-bond donors (Lipinski definition) is 1. The summed E-state index contributed by atoms with van der Waals surface area (Å²) < 4.78 is 8.65. The van der Waals surface area contributed by atoms with Gasteiger partial charge in [0.25, 0.3) is 6.29 Å². The van der Waals surface area contributed by atoms with Gasteiger partial charge in [-0.25, -0.2) is 4.79 Å². The third-order valence-electron chi connectivity index (χ3n) is 0.863. The van der Waals surface area contributed by atoms with Gasteiger partial charge in [-0.15, -0.1) is 0 Å². The summed E-state index contributed by atoms with van der Waals surface area (Å²) in [4.78, 5) is 20.2. The lowest BCUT2D eigenvalue weighted by Crippen LogP contribution is -2.21. The quantitative estimate of drug-likeness (QED) is 0.494. The molecule has 0 radical (unpaired) electrons. The number of hydrogen-bond acceptors (Lipinski definition) is 4. The molecule has 0 aliphatic heterocycles. The lowest BCUT2D eigenvalue weighted by Gasteiger charge is -2.12. The average molecular weight is 162 g/mol. The molecule has 0 saturated heterocycles. The van der Waals surface area contributed by atoms with Gasteiger partial charge in [-0.2, -0.15) is 0 Å². The largest absolute Gasteiger partial charge is 0.508 e. The van der Waals surface area contributed by atoms with Crippen LogP contribution in [0.3, 0.4) is 0 Å². The van der Waals surface area contributed by atoms with E-state index in [0.717, 1.165) is 0 Å². The molecule has 0 spiro atoms. The van der Waals surface area contributed by atoms with Gasteiger partial charge >= 0.3 is 12.1 Å². The van der Waals surface area contributed by atoms with Crippen LogP contribution in [0.1, 0.15) is 20.3 Å². The average Bonchev–Trinajstić information content (AvgIpc) is 1.84. The van der Waals surface area contributed by atoms with E-state index in [1.54, 1.807) is 6.92 Å². The molecular formula is C6H10O5. The van der Waals surface area contributed by atoms with Gasteiger partial charge in [0.15, 0.2) is 0 Å². The molecule has 0 bridgehead atoms. The fourth-order valence-electron chi connectivity index (χ4n) is 0.488. The summed E-state index contributed by atoms with van der Waals surface area (Å²) >= 11 is 0. The van der Waals surface area contributed by atoms with Gasteiger partial charge in [-0.1, -0.05) is 6.92 Å². The van der Waals surface area contributed by atoms with Crippen molar-refractivity contribution in [2.75, 3.05) is 0 Å². The van der Waals surface area contributed by atoms with E-state index in [-0.39, 0.29) is 0 Å². The third kappa shape index (κ3) is 5.20. The van der Waals surface area contributed by atoms with Gasteiger partial charge in [0, 0.05) is 13.3 Å². The molecule has 0 aliphatic carbocycles. The SMILES string of the molecule is CCC(OC(C)=O)OC(=O)O. The Labute approximate surface area is 63.9 Å². The second-order valence-electron chi connectivity index (χ2n) is 1.83. The van der Waals surface area contributed by atoms with Crippen LogP contribution in [0, 0.1) is 0 Å². The predicted molar refractivity (Wildman–Crippen MR) is 35.0 cm³/mol. The zero-order chi connectivity index (χ0) is 8.85. The van der Waals surface area contributed by atoms with Crippen LogP contribution in [-0.2, 0) is 14.3 Å². The van der Waals surface area contributed by atoms with E-state index in [1.165, 1.54) is 6.92 Å². The van der Waals surface area contributed by atoms with Gasteiger partial charge in [0.2, 0.25) is 0 Å². The van der Waals surface area contributed by atoms with Crippen molar-refractivity contribution in [2.45, 2.75) is 26.6 Å². The highest BCUT2D eigenvalue weighted by Gasteiger charge is 2.13. The van der Waals surface area contributed by atoms with Crippen LogP contribution < -0.4 is 0 Å². The Bertz CT molecular complexity index is 137. The van der Waals surface area contributed by atoms with Crippen molar-refractivity contribution < 1.29 is 24.2 Å². The molecule has 64 valence electrons. The molecule has 1 N–H and O–H groups in total. The topological polar surface area (TPSA) is 72.8 Å². The molecule has 5 heteroatoms. The van der Waals surface area contributed by atoms with Gasteiger partial charge < -0.3 is 14.6 Å². The molecule has 0 aliphatic rings. The monoisotopic (exact) mass is 162 g/mol. The van der Waals surface area contributed by atoms with E-state index >= 15 is 0 Å². The first-order chi connectivity index (χ1) is 5.06. The van der Waals surface area contributed by atoms with Crippen LogP contribution in [0.15, 0.2) is 0 Å². The summed E-state index contributed by atoms with van der Waals surface area (Å²) in [7, 11) is 0. The molecule has 5 nitrogen and oxygen atoms in total. The first kappa shape index (κ1) is 9.74. The Morgan fingerprint density at radius 2 is 2.00 bits per heavy atom. The summed E-state index contributed by atoms with van der Waals surface area (Å²) in [6.45, 7) is 2.84. The lowest BCUT2D eigenvalue weighted by atomic mass is 10.5. The molecule has 1 atom stereocenters. The minimum Gasteiger partial charge on any atom is -0.450 e. The maximum absolute atomic E-state index is 10.3. The molecule has 0 aromatic heterocycles. The summed E-state index contributed by atoms with van der Waals surface area (Å²) in [5.41, 5.74) is 0. The second-order valence-corrected chi connectivity index (χ2v) is 1.83. The van der Waals surface area contributed by atoms with E-state index in [2.05, 4.69) is 9.47 Å². The second kappa shape index (κ2) is 4.54. The van der Waals surface area contributed by atoms with Crippen molar-refractivity contribution in [3.63, 3.8) is 0 Å². The van der Waals surface area contributed by atoms with Crippen molar-refractivity contribution in [3.05, 3.63) is 0 Å². The van der Waals surface area contributed by atoms with Gasteiger partial charge in [-0.3, -0.25) is 4.79 Å². The minimum absolute atomic E-state index is 0.311. The summed E-state index contributed by atoms with van der Waals surface area (Å²) in [5, 5.41) is 8.11. The van der Waals surface area contributed by atoms with E-state index < -0.39 is 18.4 Å². The minimum atomic E-state index is -1.45. The van der Waals surface area contributed by atoms with Gasteiger partial charge in [0.05, 0.1) is 0 Å². The standard InChI is InChI=1S/C6H10O5/c1-3-5(10-4(2)7)11-6(8)9/h5H,3H2,1-2H3,(H,8,9). The molecule has 0 aromatic rings. The summed E-state index contributed by atoms with van der Waals surface area (Å²) in [5.74, 6) is -0.557. The maximum atomic E-state index is 10.3. The van der Waals surface area contributed by atoms with E-state index in [1.807, 2.05) is 0 Å². The molecule has 11 heavy (non-hydrogen) atoms. The highest BCUT2D eigenvalue weighted by molar-refractivity contribution is 5.66. The molecule has 0 amide bonds. The van der Waals surface area contributed by atoms with Crippen LogP contribution in [0.4, 0.5) is 4.79 Å². The normalized spacial score (nSPS) is 11.8. The number of carbonyl (C=O) groups excluding carboxylic acids is 1. The van der Waals surface area contributed by atoms with Gasteiger partial charge in [0.1, 0.15) is 0 Å². The van der Waals surface area contributed by atoms with Crippen molar-refractivity contribution in [2.24, 2.45) is 0 Å². The van der Waals surface area contributed by atoms with Crippen LogP contribution >= 0.6 is 0 Å². The Morgan fingerprint density at radius 1 is 1.45 bits per heavy atom. The van der Waals surface area contributed by atoms with Crippen molar-refractivity contribution in [1.29, 1.82) is 0 Å². The summed E-state index contributed by atoms with van der Waals surface area (Å²) in [6.07, 6.45) is -2.12. The highest BCUT2D eigenvalue weighted by atomic mass is 16.8. The molecule has 1 unspecified atom stereocenters. The Morgan fingerprint density at radius 3 is 2.27 bits per heavy atom. The molecule has 0 fully saturated rings. The number of esters is 1. The fourth-order valence-corrected chi connectivity index (χ4v) is 0.488. The lowest BCUT2D eigenvalue weighted by molar-refractivity contribution is -0.167. The fraction of sp³-hybridized carbons (Fsp3) is 0.667. The molecule has 0 saturated carbocycles. The number of carboxylic acid groups (broad SMARTS) is 1. The Balaban J connectivity index is 3.76. The van der Waals surface area contributed by atoms with Crippen LogP contribution in [0.25, 0.3) is 0 Å². The van der Waals surface area contributed by atoms with E-state index in [9.17, 15) is 9.59 Å². The Hall–Kier alpha value is -1.26. The zero-order valence-corrected chi connectivity index (χ0v) is 6.36. The van der Waals surface area contributed by atoms with Crippen LogP contribution in [-0.4, -0.2) is 23.5 Å². The van der Waals surface area contributed by atoms with Crippen molar-refractivity contribution in [1.82, 2.24) is 0 Å². The third-order valence-corrected chi connectivity index (χ3v) is 0.863. The zero-order valence-electron chi connectivity index (χ0n) is 6.36. The number of carbonyl (C=O) groups is 2. The van der Waals surface area contributed by atoms with Crippen molar-refractivity contribution in [3.8, 4) is 0 Å². The van der Waals surface area contributed by atoms with Crippen LogP contribution in [0.5, 0.6) is 0 Å². The molecular weight excluding hydrogens is 152 g/mol. The Kier molecular flexibility index (Phi) is 4.02. The highest BCUT2D eigenvalue weighted by Crippen LogP contribution is 2.00. The number of ether oxygens (including phenoxy) is 2.